The third kappa shape index (κ3) is 2.76. The molecule has 1 aliphatic rings. The molecule has 1 fully saturated rings. The average Bonchev–Trinajstić information content (AvgIpc) is 2.56. The molecule has 2 unspecified atom stereocenters. The Balaban J connectivity index is 2.56. The fourth-order valence-electron chi connectivity index (χ4n) is 2.45. The minimum absolute atomic E-state index is 0.0431. The summed E-state index contributed by atoms with van der Waals surface area (Å²) in [4.78, 5) is 14.2. The first kappa shape index (κ1) is 13.5. The topological polar surface area (TPSA) is 46.3 Å². The average molecular weight is 226 g/mol. The van der Waals surface area contributed by atoms with Crippen LogP contribution in [0.3, 0.4) is 0 Å². The van der Waals surface area contributed by atoms with E-state index in [4.69, 9.17) is 5.73 Å². The van der Waals surface area contributed by atoms with Crippen LogP contribution in [0.5, 0.6) is 0 Å². The summed E-state index contributed by atoms with van der Waals surface area (Å²) in [6.07, 6.45) is 4.08. The lowest BCUT2D eigenvalue weighted by Gasteiger charge is -2.32. The minimum Gasteiger partial charge on any atom is -0.345 e. The molecule has 1 amide bonds. The van der Waals surface area contributed by atoms with E-state index in [-0.39, 0.29) is 17.4 Å². The van der Waals surface area contributed by atoms with Gasteiger partial charge in [0.25, 0.3) is 0 Å². The quantitative estimate of drug-likeness (QED) is 0.797. The van der Waals surface area contributed by atoms with Crippen LogP contribution < -0.4 is 5.73 Å². The van der Waals surface area contributed by atoms with Gasteiger partial charge >= 0.3 is 0 Å². The minimum atomic E-state index is -0.314. The molecule has 1 aliphatic carbocycles. The van der Waals surface area contributed by atoms with Gasteiger partial charge in [0.1, 0.15) is 0 Å². The fourth-order valence-corrected chi connectivity index (χ4v) is 2.45. The molecule has 0 bridgehead atoms. The number of nitrogens with two attached hydrogens (primary N) is 1. The van der Waals surface area contributed by atoms with Gasteiger partial charge in [-0.2, -0.15) is 0 Å². The summed E-state index contributed by atoms with van der Waals surface area (Å²) in [5.41, 5.74) is 5.75. The molecule has 0 aromatic rings. The van der Waals surface area contributed by atoms with E-state index in [2.05, 4.69) is 13.8 Å². The first-order chi connectivity index (χ1) is 7.38. The van der Waals surface area contributed by atoms with Crippen molar-refractivity contribution in [2.24, 2.45) is 17.1 Å². The summed E-state index contributed by atoms with van der Waals surface area (Å²) < 4.78 is 0. The molecule has 16 heavy (non-hydrogen) atoms. The Labute approximate surface area is 99.4 Å². The summed E-state index contributed by atoms with van der Waals surface area (Å²) in [6.45, 7) is 7.24. The number of carbonyl (C=O) groups excluding carboxylic acids is 1. The van der Waals surface area contributed by atoms with Crippen molar-refractivity contribution in [1.29, 1.82) is 0 Å². The van der Waals surface area contributed by atoms with Crippen LogP contribution in [0.2, 0.25) is 0 Å². The maximum atomic E-state index is 12.3. The number of hydrogen-bond acceptors (Lipinski definition) is 2. The second-order valence-corrected chi connectivity index (χ2v) is 5.83. The van der Waals surface area contributed by atoms with Crippen molar-refractivity contribution in [1.82, 2.24) is 4.90 Å². The standard InChI is InChI=1S/C13H26N2O/c1-10(2)7-9-15(4)12(16)13(3)8-5-6-11(13)14/h10-11H,5-9,14H2,1-4H3. The van der Waals surface area contributed by atoms with Gasteiger partial charge in [0.2, 0.25) is 5.91 Å². The zero-order chi connectivity index (χ0) is 12.3. The molecule has 0 aromatic heterocycles. The number of rotatable bonds is 4. The van der Waals surface area contributed by atoms with Gasteiger partial charge in [0.15, 0.2) is 0 Å². The highest BCUT2D eigenvalue weighted by atomic mass is 16.2. The van der Waals surface area contributed by atoms with E-state index in [1.54, 1.807) is 0 Å². The second-order valence-electron chi connectivity index (χ2n) is 5.83. The van der Waals surface area contributed by atoms with Gasteiger partial charge in [-0.1, -0.05) is 20.3 Å². The molecule has 0 radical (unpaired) electrons. The SMILES string of the molecule is CC(C)CCN(C)C(=O)C1(C)CCCC1N. The van der Waals surface area contributed by atoms with E-state index < -0.39 is 0 Å². The molecule has 2 atom stereocenters. The number of hydrogen-bond donors (Lipinski definition) is 1. The van der Waals surface area contributed by atoms with Gasteiger partial charge in [-0.05, 0) is 32.1 Å². The Bertz CT molecular complexity index is 252. The molecule has 0 spiro atoms. The third-order valence-electron chi connectivity index (χ3n) is 3.91. The Morgan fingerprint density at radius 3 is 2.62 bits per heavy atom. The lowest BCUT2D eigenvalue weighted by molar-refractivity contribution is -0.140. The smallest absolute Gasteiger partial charge is 0.229 e. The first-order valence-electron chi connectivity index (χ1n) is 6.39. The summed E-state index contributed by atoms with van der Waals surface area (Å²) in [5, 5.41) is 0. The highest BCUT2D eigenvalue weighted by Crippen LogP contribution is 2.38. The van der Waals surface area contributed by atoms with Crippen molar-refractivity contribution in [3.63, 3.8) is 0 Å². The number of nitrogens with zero attached hydrogens (tertiary/aromatic N) is 1. The van der Waals surface area contributed by atoms with E-state index in [0.717, 1.165) is 32.2 Å². The van der Waals surface area contributed by atoms with Gasteiger partial charge in [0, 0.05) is 19.6 Å². The second kappa shape index (κ2) is 5.17. The van der Waals surface area contributed by atoms with Gasteiger partial charge < -0.3 is 10.6 Å². The molecule has 3 nitrogen and oxygen atoms in total. The van der Waals surface area contributed by atoms with Crippen molar-refractivity contribution >= 4 is 5.91 Å². The molecule has 0 aromatic carbocycles. The fraction of sp³-hybridized carbons (Fsp3) is 0.923. The first-order valence-corrected chi connectivity index (χ1v) is 6.39. The maximum Gasteiger partial charge on any atom is 0.229 e. The lowest BCUT2D eigenvalue weighted by atomic mass is 9.83. The predicted molar refractivity (Wildman–Crippen MR) is 67.0 cm³/mol. The van der Waals surface area contributed by atoms with E-state index in [0.29, 0.717) is 5.92 Å². The van der Waals surface area contributed by atoms with E-state index in [1.807, 2.05) is 18.9 Å². The highest BCUT2D eigenvalue weighted by Gasteiger charge is 2.44. The molecule has 1 saturated carbocycles. The van der Waals surface area contributed by atoms with Crippen molar-refractivity contribution in [3.8, 4) is 0 Å². The Hall–Kier alpha value is -0.570. The zero-order valence-electron chi connectivity index (χ0n) is 11.1. The van der Waals surface area contributed by atoms with E-state index in [1.165, 1.54) is 0 Å². The van der Waals surface area contributed by atoms with Gasteiger partial charge in [-0.15, -0.1) is 0 Å². The van der Waals surface area contributed by atoms with Gasteiger partial charge in [-0.3, -0.25) is 4.79 Å². The van der Waals surface area contributed by atoms with E-state index >= 15 is 0 Å². The molecular weight excluding hydrogens is 200 g/mol. The molecule has 2 N–H and O–H groups in total. The predicted octanol–water partition coefficient (Wildman–Crippen LogP) is 2.01. The monoisotopic (exact) mass is 226 g/mol. The maximum absolute atomic E-state index is 12.3. The molecule has 0 saturated heterocycles. The summed E-state index contributed by atoms with van der Waals surface area (Å²) in [7, 11) is 1.90. The van der Waals surface area contributed by atoms with Crippen molar-refractivity contribution < 1.29 is 4.79 Å². The van der Waals surface area contributed by atoms with Gasteiger partial charge in [0.05, 0.1) is 5.41 Å². The van der Waals surface area contributed by atoms with Gasteiger partial charge in [-0.25, -0.2) is 0 Å². The van der Waals surface area contributed by atoms with Crippen LogP contribution in [0.25, 0.3) is 0 Å². The normalized spacial score (nSPS) is 29.8. The molecule has 3 heteroatoms. The van der Waals surface area contributed by atoms with Crippen molar-refractivity contribution in [2.75, 3.05) is 13.6 Å². The number of amides is 1. The summed E-state index contributed by atoms with van der Waals surface area (Å²) >= 11 is 0. The molecule has 0 heterocycles. The Morgan fingerprint density at radius 2 is 2.19 bits per heavy atom. The van der Waals surface area contributed by atoms with Crippen LogP contribution in [0.1, 0.15) is 46.5 Å². The summed E-state index contributed by atoms with van der Waals surface area (Å²) in [6, 6.07) is 0.0431. The van der Waals surface area contributed by atoms with Crippen LogP contribution in [0.15, 0.2) is 0 Å². The lowest BCUT2D eigenvalue weighted by Crippen LogP contribution is -2.48. The molecular formula is C13H26N2O. The van der Waals surface area contributed by atoms with Crippen LogP contribution in [-0.2, 0) is 4.79 Å². The number of carbonyl (C=O) groups is 1. The third-order valence-corrected chi connectivity index (χ3v) is 3.91. The van der Waals surface area contributed by atoms with E-state index in [9.17, 15) is 4.79 Å². The zero-order valence-corrected chi connectivity index (χ0v) is 11.1. The highest BCUT2D eigenvalue weighted by molar-refractivity contribution is 5.83. The Kier molecular flexibility index (Phi) is 4.36. The molecule has 94 valence electrons. The largest absolute Gasteiger partial charge is 0.345 e. The van der Waals surface area contributed by atoms with Crippen LogP contribution in [0.4, 0.5) is 0 Å². The molecule has 0 aliphatic heterocycles. The van der Waals surface area contributed by atoms with Crippen LogP contribution in [-0.4, -0.2) is 30.4 Å². The van der Waals surface area contributed by atoms with Crippen LogP contribution in [0, 0.1) is 11.3 Å². The Morgan fingerprint density at radius 1 is 1.56 bits per heavy atom. The van der Waals surface area contributed by atoms with Crippen molar-refractivity contribution in [3.05, 3.63) is 0 Å². The molecule has 1 rings (SSSR count). The van der Waals surface area contributed by atoms with Crippen molar-refractivity contribution in [2.45, 2.75) is 52.5 Å². The summed E-state index contributed by atoms with van der Waals surface area (Å²) in [5.74, 6) is 0.874. The van der Waals surface area contributed by atoms with Crippen LogP contribution >= 0.6 is 0 Å².